The molecule has 2 heteroatoms. The Morgan fingerprint density at radius 1 is 1.25 bits per heavy atom. The predicted molar refractivity (Wildman–Crippen MR) is 65.1 cm³/mol. The van der Waals surface area contributed by atoms with Crippen LogP contribution in [0.2, 0.25) is 0 Å². The molecular formula is C14H20FN. The van der Waals surface area contributed by atoms with Gasteiger partial charge in [-0.25, -0.2) is 4.39 Å². The fourth-order valence-corrected chi connectivity index (χ4v) is 2.53. The summed E-state index contributed by atoms with van der Waals surface area (Å²) in [6.07, 6.45) is 2.86. The topological polar surface area (TPSA) is 12.0 Å². The molecule has 1 aromatic carbocycles. The van der Waals surface area contributed by atoms with Gasteiger partial charge in [0.1, 0.15) is 5.67 Å². The zero-order chi connectivity index (χ0) is 11.4. The van der Waals surface area contributed by atoms with Gasteiger partial charge in [0.2, 0.25) is 0 Å². The minimum atomic E-state index is -1.18. The standard InChI is InChI=1S/C14H20FN/c1-14(15,13-5-3-2-4-6-13)11-12-7-9-16-10-8-12/h2-6,12,16H,7-11H2,1H3. The summed E-state index contributed by atoms with van der Waals surface area (Å²) in [5.74, 6) is 0.524. The molecule has 1 aliphatic rings. The molecule has 0 saturated carbocycles. The highest BCUT2D eigenvalue weighted by Gasteiger charge is 2.30. The molecule has 0 aliphatic carbocycles. The van der Waals surface area contributed by atoms with Crippen molar-refractivity contribution in [2.24, 2.45) is 5.92 Å². The van der Waals surface area contributed by atoms with Gasteiger partial charge in [-0.05, 0) is 50.8 Å². The molecular weight excluding hydrogens is 201 g/mol. The van der Waals surface area contributed by atoms with Gasteiger partial charge in [-0.3, -0.25) is 0 Å². The second kappa shape index (κ2) is 4.96. The number of piperidine rings is 1. The second-order valence-electron chi connectivity index (χ2n) is 4.96. The molecule has 1 heterocycles. The fraction of sp³-hybridized carbons (Fsp3) is 0.571. The SMILES string of the molecule is CC(F)(CC1CCNCC1)c1ccccc1. The lowest BCUT2D eigenvalue weighted by Gasteiger charge is -2.29. The molecule has 1 atom stereocenters. The van der Waals surface area contributed by atoms with Gasteiger partial charge >= 0.3 is 0 Å². The van der Waals surface area contributed by atoms with E-state index < -0.39 is 5.67 Å². The molecule has 1 aromatic rings. The van der Waals surface area contributed by atoms with Gasteiger partial charge in [-0.15, -0.1) is 0 Å². The smallest absolute Gasteiger partial charge is 0.133 e. The van der Waals surface area contributed by atoms with Crippen LogP contribution in [0, 0.1) is 5.92 Å². The van der Waals surface area contributed by atoms with E-state index in [2.05, 4.69) is 5.32 Å². The van der Waals surface area contributed by atoms with E-state index in [0.29, 0.717) is 12.3 Å². The Bertz CT molecular complexity index is 315. The van der Waals surface area contributed by atoms with E-state index in [1.54, 1.807) is 6.92 Å². The number of hydrogen-bond donors (Lipinski definition) is 1. The van der Waals surface area contributed by atoms with E-state index in [0.717, 1.165) is 31.5 Å². The van der Waals surface area contributed by atoms with Gasteiger partial charge < -0.3 is 5.32 Å². The average Bonchev–Trinajstić information content (AvgIpc) is 2.31. The fourth-order valence-electron chi connectivity index (χ4n) is 2.53. The van der Waals surface area contributed by atoms with Crippen molar-refractivity contribution in [3.05, 3.63) is 35.9 Å². The Labute approximate surface area is 97.1 Å². The molecule has 1 saturated heterocycles. The maximum absolute atomic E-state index is 14.6. The highest BCUT2D eigenvalue weighted by molar-refractivity contribution is 5.21. The van der Waals surface area contributed by atoms with Crippen molar-refractivity contribution in [2.45, 2.75) is 31.9 Å². The van der Waals surface area contributed by atoms with E-state index in [-0.39, 0.29) is 0 Å². The molecule has 1 fully saturated rings. The van der Waals surface area contributed by atoms with Crippen LogP contribution in [0.3, 0.4) is 0 Å². The molecule has 1 nitrogen and oxygen atoms in total. The number of benzene rings is 1. The van der Waals surface area contributed by atoms with Crippen molar-refractivity contribution in [2.75, 3.05) is 13.1 Å². The summed E-state index contributed by atoms with van der Waals surface area (Å²) in [5, 5.41) is 3.32. The number of rotatable bonds is 3. The van der Waals surface area contributed by atoms with Crippen molar-refractivity contribution in [1.29, 1.82) is 0 Å². The van der Waals surface area contributed by atoms with Crippen LogP contribution in [0.5, 0.6) is 0 Å². The van der Waals surface area contributed by atoms with Gasteiger partial charge in [0.15, 0.2) is 0 Å². The van der Waals surface area contributed by atoms with Gasteiger partial charge in [0.05, 0.1) is 0 Å². The van der Waals surface area contributed by atoms with Crippen LogP contribution in [-0.4, -0.2) is 13.1 Å². The van der Waals surface area contributed by atoms with Crippen molar-refractivity contribution < 1.29 is 4.39 Å². The average molecular weight is 221 g/mol. The van der Waals surface area contributed by atoms with Crippen LogP contribution >= 0.6 is 0 Å². The maximum Gasteiger partial charge on any atom is 0.133 e. The van der Waals surface area contributed by atoms with Crippen LogP contribution < -0.4 is 5.32 Å². The molecule has 1 unspecified atom stereocenters. The van der Waals surface area contributed by atoms with Gasteiger partial charge in [0, 0.05) is 0 Å². The molecule has 0 bridgehead atoms. The third-order valence-corrected chi connectivity index (χ3v) is 3.51. The molecule has 1 aliphatic heterocycles. The van der Waals surface area contributed by atoms with Crippen LogP contribution in [0.4, 0.5) is 4.39 Å². The number of halogens is 1. The molecule has 88 valence electrons. The second-order valence-corrected chi connectivity index (χ2v) is 4.96. The van der Waals surface area contributed by atoms with Crippen LogP contribution in [0.25, 0.3) is 0 Å². The first kappa shape index (κ1) is 11.6. The van der Waals surface area contributed by atoms with Crippen molar-refractivity contribution >= 4 is 0 Å². The highest BCUT2D eigenvalue weighted by Crippen LogP contribution is 2.35. The summed E-state index contributed by atoms with van der Waals surface area (Å²) in [6.45, 7) is 3.79. The van der Waals surface area contributed by atoms with Gasteiger partial charge in [0.25, 0.3) is 0 Å². The zero-order valence-corrected chi connectivity index (χ0v) is 9.88. The predicted octanol–water partition coefficient (Wildman–Crippen LogP) is 3.26. The third-order valence-electron chi connectivity index (χ3n) is 3.51. The number of nitrogens with one attached hydrogen (secondary N) is 1. The van der Waals surface area contributed by atoms with E-state index in [1.165, 1.54) is 0 Å². The summed E-state index contributed by atoms with van der Waals surface area (Å²) in [6, 6.07) is 9.54. The maximum atomic E-state index is 14.6. The van der Waals surface area contributed by atoms with E-state index in [1.807, 2.05) is 30.3 Å². The van der Waals surface area contributed by atoms with Crippen molar-refractivity contribution in [3.8, 4) is 0 Å². The van der Waals surface area contributed by atoms with Crippen LogP contribution in [0.1, 0.15) is 31.7 Å². The Kier molecular flexibility index (Phi) is 3.59. The Balaban J connectivity index is 2.01. The van der Waals surface area contributed by atoms with Gasteiger partial charge in [-0.2, -0.15) is 0 Å². The van der Waals surface area contributed by atoms with Crippen LogP contribution in [-0.2, 0) is 5.67 Å². The summed E-state index contributed by atoms with van der Waals surface area (Å²) in [7, 11) is 0. The monoisotopic (exact) mass is 221 g/mol. The summed E-state index contributed by atoms with van der Waals surface area (Å²) >= 11 is 0. The summed E-state index contributed by atoms with van der Waals surface area (Å²) in [5.41, 5.74) is -0.364. The van der Waals surface area contributed by atoms with E-state index >= 15 is 0 Å². The molecule has 1 N–H and O–H groups in total. The number of hydrogen-bond acceptors (Lipinski definition) is 1. The quantitative estimate of drug-likeness (QED) is 0.826. The van der Waals surface area contributed by atoms with Crippen molar-refractivity contribution in [3.63, 3.8) is 0 Å². The van der Waals surface area contributed by atoms with E-state index in [4.69, 9.17) is 0 Å². The molecule has 0 spiro atoms. The normalized spacial score (nSPS) is 21.6. The summed E-state index contributed by atoms with van der Waals surface area (Å²) in [4.78, 5) is 0. The molecule has 0 aromatic heterocycles. The molecule has 0 radical (unpaired) electrons. The Hall–Kier alpha value is -0.890. The largest absolute Gasteiger partial charge is 0.317 e. The Morgan fingerprint density at radius 2 is 1.88 bits per heavy atom. The van der Waals surface area contributed by atoms with Gasteiger partial charge in [-0.1, -0.05) is 30.3 Å². The zero-order valence-electron chi connectivity index (χ0n) is 9.88. The van der Waals surface area contributed by atoms with E-state index in [9.17, 15) is 4.39 Å². The first-order valence-corrected chi connectivity index (χ1v) is 6.14. The molecule has 16 heavy (non-hydrogen) atoms. The summed E-state index contributed by atoms with van der Waals surface area (Å²) < 4.78 is 14.6. The number of alkyl halides is 1. The minimum Gasteiger partial charge on any atom is -0.317 e. The first-order valence-electron chi connectivity index (χ1n) is 6.14. The van der Waals surface area contributed by atoms with Crippen LogP contribution in [0.15, 0.2) is 30.3 Å². The lowest BCUT2D eigenvalue weighted by atomic mass is 9.83. The first-order chi connectivity index (χ1) is 7.68. The lowest BCUT2D eigenvalue weighted by Crippen LogP contribution is -2.31. The van der Waals surface area contributed by atoms with Crippen molar-refractivity contribution in [1.82, 2.24) is 5.32 Å². The third kappa shape index (κ3) is 2.82. The minimum absolute atomic E-state index is 0.524. The highest BCUT2D eigenvalue weighted by atomic mass is 19.1. The lowest BCUT2D eigenvalue weighted by molar-refractivity contribution is 0.132. The molecule has 2 rings (SSSR count). The Morgan fingerprint density at radius 3 is 2.50 bits per heavy atom. The molecule has 0 amide bonds.